The van der Waals surface area contributed by atoms with E-state index in [-0.39, 0.29) is 13.2 Å². The van der Waals surface area contributed by atoms with Gasteiger partial charge in [-0.2, -0.15) is 5.26 Å². The van der Waals surface area contributed by atoms with E-state index < -0.39 is 5.60 Å². The lowest BCUT2D eigenvalue weighted by Gasteiger charge is -2.22. The molecule has 0 saturated carbocycles. The van der Waals surface area contributed by atoms with Crippen LogP contribution in [0.4, 0.5) is 0 Å². The van der Waals surface area contributed by atoms with Crippen molar-refractivity contribution >= 4 is 0 Å². The zero-order valence-corrected chi connectivity index (χ0v) is 8.71. The van der Waals surface area contributed by atoms with E-state index in [1.165, 1.54) is 0 Å². The van der Waals surface area contributed by atoms with E-state index >= 15 is 0 Å². The molecule has 0 aliphatic carbocycles. The van der Waals surface area contributed by atoms with Gasteiger partial charge >= 0.3 is 0 Å². The van der Waals surface area contributed by atoms with Gasteiger partial charge in [0.1, 0.15) is 0 Å². The molecule has 0 rings (SSSR count). The van der Waals surface area contributed by atoms with Gasteiger partial charge in [-0.05, 0) is 25.7 Å². The summed E-state index contributed by atoms with van der Waals surface area (Å²) in [6.45, 7) is 6.21. The molecule has 13 heavy (non-hydrogen) atoms. The van der Waals surface area contributed by atoms with Crippen molar-refractivity contribution in [2.24, 2.45) is 5.92 Å². The van der Waals surface area contributed by atoms with Gasteiger partial charge in [0, 0.05) is 0 Å². The van der Waals surface area contributed by atoms with Crippen LogP contribution in [-0.2, 0) is 4.74 Å². The van der Waals surface area contributed by atoms with Gasteiger partial charge in [0.2, 0.25) is 0 Å². The molecule has 0 aromatic carbocycles. The van der Waals surface area contributed by atoms with Crippen molar-refractivity contribution in [3.63, 3.8) is 0 Å². The lowest BCUT2D eigenvalue weighted by Crippen LogP contribution is -2.28. The Morgan fingerprint density at radius 3 is 2.54 bits per heavy atom. The van der Waals surface area contributed by atoms with Gasteiger partial charge in [-0.15, -0.1) is 0 Å². The highest BCUT2D eigenvalue weighted by Crippen LogP contribution is 2.19. The number of aliphatic hydroxyl groups is 1. The van der Waals surface area contributed by atoms with Crippen LogP contribution in [0.15, 0.2) is 0 Å². The van der Waals surface area contributed by atoms with Crippen LogP contribution >= 0.6 is 0 Å². The summed E-state index contributed by atoms with van der Waals surface area (Å²) in [4.78, 5) is 0. The molecule has 1 atom stereocenters. The largest absolute Gasteiger partial charge is 0.394 e. The Labute approximate surface area is 80.3 Å². The normalized spacial score (nSPS) is 15.4. The summed E-state index contributed by atoms with van der Waals surface area (Å²) in [6.07, 6.45) is 1.69. The van der Waals surface area contributed by atoms with E-state index in [0.717, 1.165) is 12.8 Å². The van der Waals surface area contributed by atoms with Gasteiger partial charge < -0.3 is 9.84 Å². The van der Waals surface area contributed by atoms with Crippen LogP contribution in [0.25, 0.3) is 0 Å². The maximum atomic E-state index is 8.87. The van der Waals surface area contributed by atoms with Crippen molar-refractivity contribution in [3.05, 3.63) is 0 Å². The molecule has 1 N–H and O–H groups in total. The fraction of sp³-hybridized carbons (Fsp3) is 0.900. The maximum absolute atomic E-state index is 8.87. The molecule has 0 fully saturated rings. The summed E-state index contributed by atoms with van der Waals surface area (Å²) in [5.41, 5.74) is -0.729. The first-order valence-corrected chi connectivity index (χ1v) is 4.70. The minimum atomic E-state index is -0.729. The van der Waals surface area contributed by atoms with Gasteiger partial charge in [-0.1, -0.05) is 13.8 Å². The minimum absolute atomic E-state index is 0.0288. The average molecular weight is 185 g/mol. The van der Waals surface area contributed by atoms with Gasteiger partial charge in [-0.3, -0.25) is 0 Å². The first-order valence-electron chi connectivity index (χ1n) is 4.70. The fourth-order valence-corrected chi connectivity index (χ4v) is 0.995. The molecular formula is C10H19NO2. The monoisotopic (exact) mass is 185 g/mol. The van der Waals surface area contributed by atoms with Gasteiger partial charge in [0.05, 0.1) is 19.3 Å². The predicted molar refractivity (Wildman–Crippen MR) is 51.1 cm³/mol. The number of rotatable bonds is 6. The standard InChI is InChI=1S/C10H19NO2/c1-9(2)4-5-10(3,8-11)13-7-6-12/h9,12H,4-7H2,1-3H3. The molecule has 3 nitrogen and oxygen atoms in total. The number of hydrogen-bond acceptors (Lipinski definition) is 3. The second-order valence-electron chi connectivity index (χ2n) is 3.85. The van der Waals surface area contributed by atoms with Crippen LogP contribution in [0.1, 0.15) is 33.6 Å². The van der Waals surface area contributed by atoms with Crippen molar-refractivity contribution < 1.29 is 9.84 Å². The molecule has 0 bridgehead atoms. The summed E-state index contributed by atoms with van der Waals surface area (Å²) in [5.74, 6) is 0.574. The minimum Gasteiger partial charge on any atom is -0.394 e. The van der Waals surface area contributed by atoms with Crippen molar-refractivity contribution in [1.82, 2.24) is 0 Å². The first-order chi connectivity index (χ1) is 6.04. The molecule has 3 heteroatoms. The lowest BCUT2D eigenvalue weighted by atomic mass is 9.96. The topological polar surface area (TPSA) is 53.2 Å². The van der Waals surface area contributed by atoms with E-state index in [2.05, 4.69) is 19.9 Å². The van der Waals surface area contributed by atoms with Crippen LogP contribution in [0.3, 0.4) is 0 Å². The third-order valence-electron chi connectivity index (χ3n) is 1.95. The van der Waals surface area contributed by atoms with Gasteiger partial charge in [-0.25, -0.2) is 0 Å². The average Bonchev–Trinajstić information content (AvgIpc) is 2.11. The van der Waals surface area contributed by atoms with Crippen molar-refractivity contribution in [3.8, 4) is 6.07 Å². The van der Waals surface area contributed by atoms with Crippen molar-refractivity contribution in [2.45, 2.75) is 39.2 Å². The maximum Gasteiger partial charge on any atom is 0.151 e. The molecule has 0 aromatic rings. The molecule has 0 radical (unpaired) electrons. The Hall–Kier alpha value is -0.590. The zero-order chi connectivity index (χ0) is 10.3. The predicted octanol–water partition coefficient (Wildman–Crippen LogP) is 1.71. The Bertz CT molecular complexity index is 174. The third kappa shape index (κ3) is 5.62. The molecular weight excluding hydrogens is 166 g/mol. The number of hydrogen-bond donors (Lipinski definition) is 1. The van der Waals surface area contributed by atoms with E-state index in [1.54, 1.807) is 6.92 Å². The Balaban J connectivity index is 3.90. The Morgan fingerprint density at radius 1 is 1.54 bits per heavy atom. The number of ether oxygens (including phenoxy) is 1. The van der Waals surface area contributed by atoms with Crippen LogP contribution in [0, 0.1) is 17.2 Å². The Kier molecular flexibility index (Phi) is 5.68. The van der Waals surface area contributed by atoms with Crippen molar-refractivity contribution in [1.29, 1.82) is 5.26 Å². The highest BCUT2D eigenvalue weighted by Gasteiger charge is 2.24. The molecule has 0 aromatic heterocycles. The van der Waals surface area contributed by atoms with Gasteiger partial charge in [0.15, 0.2) is 5.60 Å². The number of nitrogens with zero attached hydrogens (tertiary/aromatic N) is 1. The van der Waals surface area contributed by atoms with Crippen LogP contribution in [0.5, 0.6) is 0 Å². The van der Waals surface area contributed by atoms with Crippen LogP contribution < -0.4 is 0 Å². The van der Waals surface area contributed by atoms with Crippen molar-refractivity contribution in [2.75, 3.05) is 13.2 Å². The smallest absolute Gasteiger partial charge is 0.151 e. The van der Waals surface area contributed by atoms with Gasteiger partial charge in [0.25, 0.3) is 0 Å². The van der Waals surface area contributed by atoms with Crippen LogP contribution in [0.2, 0.25) is 0 Å². The van der Waals surface area contributed by atoms with E-state index in [0.29, 0.717) is 5.92 Å². The number of aliphatic hydroxyl groups excluding tert-OH is 1. The SMILES string of the molecule is CC(C)CCC(C)(C#N)OCCO. The summed E-state index contributed by atoms with van der Waals surface area (Å²) >= 11 is 0. The zero-order valence-electron chi connectivity index (χ0n) is 8.71. The molecule has 0 saturated heterocycles. The Morgan fingerprint density at radius 2 is 2.15 bits per heavy atom. The molecule has 0 heterocycles. The molecule has 0 spiro atoms. The molecule has 76 valence electrons. The van der Waals surface area contributed by atoms with E-state index in [9.17, 15) is 0 Å². The quantitative estimate of drug-likeness (QED) is 0.685. The molecule has 1 unspecified atom stereocenters. The lowest BCUT2D eigenvalue weighted by molar-refractivity contribution is -0.0152. The summed E-state index contributed by atoms with van der Waals surface area (Å²) in [7, 11) is 0. The third-order valence-corrected chi connectivity index (χ3v) is 1.95. The molecule has 0 amide bonds. The van der Waals surface area contributed by atoms with Crippen LogP contribution in [-0.4, -0.2) is 23.9 Å². The second kappa shape index (κ2) is 5.95. The number of nitriles is 1. The van der Waals surface area contributed by atoms with E-state index in [1.807, 2.05) is 0 Å². The van der Waals surface area contributed by atoms with E-state index in [4.69, 9.17) is 15.1 Å². The molecule has 0 aliphatic rings. The first kappa shape index (κ1) is 12.4. The summed E-state index contributed by atoms with van der Waals surface area (Å²) in [6, 6.07) is 2.14. The highest BCUT2D eigenvalue weighted by molar-refractivity contribution is 4.98. The summed E-state index contributed by atoms with van der Waals surface area (Å²) in [5, 5.41) is 17.4. The highest BCUT2D eigenvalue weighted by atomic mass is 16.5. The molecule has 0 aliphatic heterocycles. The summed E-state index contributed by atoms with van der Waals surface area (Å²) < 4.78 is 5.27. The second-order valence-corrected chi connectivity index (χ2v) is 3.85. The fourth-order valence-electron chi connectivity index (χ4n) is 0.995.